The first kappa shape index (κ1) is 15.2. The first-order valence-corrected chi connectivity index (χ1v) is 7.14. The predicted molar refractivity (Wildman–Crippen MR) is 82.7 cm³/mol. The van der Waals surface area contributed by atoms with E-state index in [0.717, 1.165) is 4.47 Å². The van der Waals surface area contributed by atoms with Crippen molar-refractivity contribution in [2.45, 2.75) is 13.5 Å². The summed E-state index contributed by atoms with van der Waals surface area (Å²) >= 11 is 3.30. The second kappa shape index (κ2) is 6.53. The third kappa shape index (κ3) is 3.91. The van der Waals surface area contributed by atoms with E-state index in [-0.39, 0.29) is 11.8 Å². The first-order valence-electron chi connectivity index (χ1n) is 6.35. The van der Waals surface area contributed by atoms with E-state index in [2.05, 4.69) is 26.3 Å². The SMILES string of the molecule is CC(Cn1cc(Br)cn1)C(=O)Nc1ccccc1C(N)=O. The second-order valence-corrected chi connectivity index (χ2v) is 5.60. The molecule has 1 unspecified atom stereocenters. The number of primary amides is 1. The van der Waals surface area contributed by atoms with Crippen molar-refractivity contribution in [1.82, 2.24) is 9.78 Å². The molecule has 0 saturated carbocycles. The molecule has 0 saturated heterocycles. The zero-order chi connectivity index (χ0) is 15.4. The number of benzene rings is 1. The van der Waals surface area contributed by atoms with Crippen molar-refractivity contribution >= 4 is 33.4 Å². The third-order valence-electron chi connectivity index (χ3n) is 2.96. The summed E-state index contributed by atoms with van der Waals surface area (Å²) in [5, 5.41) is 6.83. The van der Waals surface area contributed by atoms with Gasteiger partial charge in [-0.1, -0.05) is 19.1 Å². The van der Waals surface area contributed by atoms with Gasteiger partial charge < -0.3 is 11.1 Å². The molecule has 7 heteroatoms. The molecule has 0 aliphatic rings. The quantitative estimate of drug-likeness (QED) is 0.864. The number of carbonyl (C=O) groups is 2. The zero-order valence-corrected chi connectivity index (χ0v) is 13.0. The van der Waals surface area contributed by atoms with Gasteiger partial charge in [-0.3, -0.25) is 14.3 Å². The summed E-state index contributed by atoms with van der Waals surface area (Å²) in [6.07, 6.45) is 3.45. The molecular formula is C14H15BrN4O2. The Labute approximate surface area is 130 Å². The van der Waals surface area contributed by atoms with Crippen LogP contribution in [0.3, 0.4) is 0 Å². The van der Waals surface area contributed by atoms with Crippen LogP contribution in [0.2, 0.25) is 0 Å². The maximum atomic E-state index is 12.2. The predicted octanol–water partition coefficient (Wildman–Crippen LogP) is 2.02. The van der Waals surface area contributed by atoms with Gasteiger partial charge in [-0.2, -0.15) is 5.10 Å². The molecule has 3 N–H and O–H groups in total. The van der Waals surface area contributed by atoms with E-state index in [0.29, 0.717) is 17.8 Å². The molecule has 0 fully saturated rings. The summed E-state index contributed by atoms with van der Waals surface area (Å²) in [4.78, 5) is 23.5. The number of rotatable bonds is 5. The van der Waals surface area contributed by atoms with E-state index in [1.807, 2.05) is 0 Å². The fraction of sp³-hybridized carbons (Fsp3) is 0.214. The van der Waals surface area contributed by atoms with Crippen molar-refractivity contribution in [2.24, 2.45) is 11.7 Å². The smallest absolute Gasteiger partial charge is 0.250 e. The van der Waals surface area contributed by atoms with Crippen molar-refractivity contribution < 1.29 is 9.59 Å². The van der Waals surface area contributed by atoms with Crippen LogP contribution >= 0.6 is 15.9 Å². The maximum Gasteiger partial charge on any atom is 0.250 e. The molecule has 0 spiro atoms. The lowest BCUT2D eigenvalue weighted by Crippen LogP contribution is -2.26. The fourth-order valence-electron chi connectivity index (χ4n) is 1.86. The van der Waals surface area contributed by atoms with Crippen LogP contribution in [-0.2, 0) is 11.3 Å². The van der Waals surface area contributed by atoms with Crippen LogP contribution in [0.15, 0.2) is 41.1 Å². The molecule has 0 radical (unpaired) electrons. The normalized spacial score (nSPS) is 11.9. The second-order valence-electron chi connectivity index (χ2n) is 4.68. The molecule has 0 aliphatic heterocycles. The molecule has 2 amide bonds. The molecular weight excluding hydrogens is 336 g/mol. The van der Waals surface area contributed by atoms with Gasteiger partial charge in [0.15, 0.2) is 0 Å². The van der Waals surface area contributed by atoms with Crippen molar-refractivity contribution in [3.8, 4) is 0 Å². The Kier molecular flexibility index (Phi) is 4.74. The summed E-state index contributed by atoms with van der Waals surface area (Å²) in [5.74, 6) is -1.08. The molecule has 6 nitrogen and oxygen atoms in total. The van der Waals surface area contributed by atoms with Crippen molar-refractivity contribution in [1.29, 1.82) is 0 Å². The van der Waals surface area contributed by atoms with Gasteiger partial charge in [0, 0.05) is 6.20 Å². The van der Waals surface area contributed by atoms with E-state index in [1.54, 1.807) is 48.3 Å². The summed E-state index contributed by atoms with van der Waals surface area (Å²) in [5.41, 5.74) is 5.99. The van der Waals surface area contributed by atoms with Crippen LogP contribution in [0.1, 0.15) is 17.3 Å². The van der Waals surface area contributed by atoms with E-state index >= 15 is 0 Å². The van der Waals surface area contributed by atoms with Gasteiger partial charge in [-0.15, -0.1) is 0 Å². The van der Waals surface area contributed by atoms with Gasteiger partial charge in [0.1, 0.15) is 0 Å². The van der Waals surface area contributed by atoms with Crippen LogP contribution in [-0.4, -0.2) is 21.6 Å². The fourth-order valence-corrected chi connectivity index (χ4v) is 2.19. The highest BCUT2D eigenvalue weighted by Gasteiger charge is 2.16. The number of aromatic nitrogens is 2. The average molecular weight is 351 g/mol. The maximum absolute atomic E-state index is 12.2. The Balaban J connectivity index is 2.05. The third-order valence-corrected chi connectivity index (χ3v) is 3.37. The van der Waals surface area contributed by atoms with Crippen LogP contribution in [0.25, 0.3) is 0 Å². The Bertz CT molecular complexity index is 668. The Hall–Kier alpha value is -2.15. The molecule has 1 heterocycles. The van der Waals surface area contributed by atoms with Gasteiger partial charge in [0.25, 0.3) is 5.91 Å². The number of amides is 2. The zero-order valence-electron chi connectivity index (χ0n) is 11.4. The van der Waals surface area contributed by atoms with Gasteiger partial charge in [-0.05, 0) is 28.1 Å². The minimum atomic E-state index is -0.574. The summed E-state index contributed by atoms with van der Waals surface area (Å²) in [6, 6.07) is 6.65. The number of hydrogen-bond acceptors (Lipinski definition) is 3. The number of nitrogens with two attached hydrogens (primary N) is 1. The standard InChI is InChI=1S/C14H15BrN4O2/c1-9(7-19-8-10(15)6-17-19)14(21)18-12-5-3-2-4-11(12)13(16)20/h2-6,8-9H,7H2,1H3,(H2,16,20)(H,18,21). The van der Waals surface area contributed by atoms with Crippen molar-refractivity contribution in [3.05, 3.63) is 46.7 Å². The number of para-hydroxylation sites is 1. The molecule has 1 atom stereocenters. The van der Waals surface area contributed by atoms with Gasteiger partial charge in [0.2, 0.25) is 5.91 Å². The van der Waals surface area contributed by atoms with Crippen LogP contribution < -0.4 is 11.1 Å². The van der Waals surface area contributed by atoms with Crippen LogP contribution in [0, 0.1) is 5.92 Å². The molecule has 1 aromatic carbocycles. The van der Waals surface area contributed by atoms with E-state index in [1.165, 1.54) is 0 Å². The lowest BCUT2D eigenvalue weighted by molar-refractivity contribution is -0.119. The molecule has 0 bridgehead atoms. The van der Waals surface area contributed by atoms with E-state index in [9.17, 15) is 9.59 Å². The average Bonchev–Trinajstić information content (AvgIpc) is 2.84. The van der Waals surface area contributed by atoms with Gasteiger partial charge in [-0.25, -0.2) is 0 Å². The Morgan fingerprint density at radius 2 is 2.14 bits per heavy atom. The van der Waals surface area contributed by atoms with Crippen LogP contribution in [0.5, 0.6) is 0 Å². The topological polar surface area (TPSA) is 90.0 Å². The number of nitrogens with one attached hydrogen (secondary N) is 1. The van der Waals surface area contributed by atoms with Gasteiger partial charge in [0.05, 0.1) is 34.4 Å². The monoisotopic (exact) mass is 350 g/mol. The molecule has 1 aromatic heterocycles. The van der Waals surface area contributed by atoms with Gasteiger partial charge >= 0.3 is 0 Å². The highest BCUT2D eigenvalue weighted by Crippen LogP contribution is 2.16. The summed E-state index contributed by atoms with van der Waals surface area (Å²) < 4.78 is 2.53. The highest BCUT2D eigenvalue weighted by molar-refractivity contribution is 9.10. The number of anilines is 1. The minimum absolute atomic E-state index is 0.199. The first-order chi connectivity index (χ1) is 9.97. The van der Waals surface area contributed by atoms with Crippen molar-refractivity contribution in [3.63, 3.8) is 0 Å². The molecule has 0 aliphatic carbocycles. The highest BCUT2D eigenvalue weighted by atomic mass is 79.9. The van der Waals surface area contributed by atoms with Crippen molar-refractivity contribution in [2.75, 3.05) is 5.32 Å². The van der Waals surface area contributed by atoms with E-state index < -0.39 is 5.91 Å². The number of nitrogens with zero attached hydrogens (tertiary/aromatic N) is 2. The largest absolute Gasteiger partial charge is 0.366 e. The van der Waals surface area contributed by atoms with Crippen LogP contribution in [0.4, 0.5) is 5.69 Å². The number of halogens is 1. The lowest BCUT2D eigenvalue weighted by atomic mass is 10.1. The summed E-state index contributed by atoms with van der Waals surface area (Å²) in [7, 11) is 0. The minimum Gasteiger partial charge on any atom is -0.366 e. The molecule has 2 aromatic rings. The lowest BCUT2D eigenvalue weighted by Gasteiger charge is -2.14. The Morgan fingerprint density at radius 3 is 2.76 bits per heavy atom. The molecule has 21 heavy (non-hydrogen) atoms. The summed E-state index contributed by atoms with van der Waals surface area (Å²) in [6.45, 7) is 2.23. The molecule has 110 valence electrons. The molecule has 2 rings (SSSR count). The number of carbonyl (C=O) groups excluding carboxylic acids is 2. The Morgan fingerprint density at radius 1 is 1.43 bits per heavy atom. The van der Waals surface area contributed by atoms with E-state index in [4.69, 9.17) is 5.73 Å². The number of hydrogen-bond donors (Lipinski definition) is 2.